The van der Waals surface area contributed by atoms with Crippen molar-refractivity contribution in [2.45, 2.75) is 32.5 Å². The van der Waals surface area contributed by atoms with E-state index in [1.165, 1.54) is 6.07 Å². The Hall–Kier alpha value is -0.960. The molecule has 14 heavy (non-hydrogen) atoms. The lowest BCUT2D eigenvalue weighted by atomic mass is 9.93. The molecule has 3 heteroatoms. The first-order chi connectivity index (χ1) is 6.44. The molecule has 0 aromatic heterocycles. The Labute approximate surface area is 82.9 Å². The first-order valence-corrected chi connectivity index (χ1v) is 4.55. The number of hydrogen-bond acceptors (Lipinski definition) is 1. The van der Waals surface area contributed by atoms with Crippen molar-refractivity contribution in [3.63, 3.8) is 0 Å². The summed E-state index contributed by atoms with van der Waals surface area (Å²) in [6, 6.07) is 4.56. The number of alkyl halides is 1. The normalized spacial score (nSPS) is 11.8. The number of hydrogen-bond donors (Lipinski definition) is 1. The minimum atomic E-state index is -0.780. The molecule has 1 rings (SSSR count). The second kappa shape index (κ2) is 4.05. The van der Waals surface area contributed by atoms with E-state index in [2.05, 4.69) is 0 Å². The Morgan fingerprint density at radius 2 is 2.00 bits per heavy atom. The molecule has 0 amide bonds. The molecule has 78 valence electrons. The molecule has 2 N–H and O–H groups in total. The Kier molecular flexibility index (Phi) is 3.21. The molecule has 1 aromatic carbocycles. The maximum absolute atomic E-state index is 13.1. The zero-order chi connectivity index (χ0) is 10.8. The molecule has 0 atom stereocenters. The summed E-state index contributed by atoms with van der Waals surface area (Å²) < 4.78 is 25.7. The standard InChI is InChI=1S/C11H15F2N/c1-11(2,14)6-8-4-3-5-10(13)9(8)7-12/h3-5H,6-7,14H2,1-2H3. The van der Waals surface area contributed by atoms with Gasteiger partial charge in [0, 0.05) is 11.1 Å². The van der Waals surface area contributed by atoms with Crippen molar-refractivity contribution in [1.29, 1.82) is 0 Å². The van der Waals surface area contributed by atoms with Gasteiger partial charge in [-0.25, -0.2) is 8.78 Å². The van der Waals surface area contributed by atoms with Crippen molar-refractivity contribution < 1.29 is 8.78 Å². The van der Waals surface area contributed by atoms with Crippen LogP contribution in [0, 0.1) is 5.82 Å². The lowest BCUT2D eigenvalue weighted by molar-refractivity contribution is 0.451. The molecule has 0 heterocycles. The molecular weight excluding hydrogens is 184 g/mol. The molecule has 0 aliphatic rings. The van der Waals surface area contributed by atoms with Crippen LogP contribution >= 0.6 is 0 Å². The lowest BCUT2D eigenvalue weighted by Crippen LogP contribution is -2.34. The zero-order valence-corrected chi connectivity index (χ0v) is 8.48. The van der Waals surface area contributed by atoms with Crippen molar-refractivity contribution in [3.8, 4) is 0 Å². The van der Waals surface area contributed by atoms with E-state index < -0.39 is 18.0 Å². The third-order valence-electron chi connectivity index (χ3n) is 2.00. The van der Waals surface area contributed by atoms with Gasteiger partial charge in [0.15, 0.2) is 0 Å². The van der Waals surface area contributed by atoms with Crippen LogP contribution in [0.2, 0.25) is 0 Å². The summed E-state index contributed by atoms with van der Waals surface area (Å²) in [6.07, 6.45) is 0.476. The van der Waals surface area contributed by atoms with Crippen LogP contribution in [0.1, 0.15) is 25.0 Å². The van der Waals surface area contributed by atoms with Crippen LogP contribution < -0.4 is 5.73 Å². The van der Waals surface area contributed by atoms with E-state index in [1.807, 2.05) is 13.8 Å². The van der Waals surface area contributed by atoms with Crippen LogP contribution in [0.15, 0.2) is 18.2 Å². The first-order valence-electron chi connectivity index (χ1n) is 4.55. The highest BCUT2D eigenvalue weighted by atomic mass is 19.1. The van der Waals surface area contributed by atoms with E-state index in [9.17, 15) is 8.78 Å². The fourth-order valence-corrected chi connectivity index (χ4v) is 1.41. The van der Waals surface area contributed by atoms with Gasteiger partial charge >= 0.3 is 0 Å². The summed E-state index contributed by atoms with van der Waals surface area (Å²) in [5.41, 5.74) is 6.13. The Bertz CT molecular complexity index is 316. The van der Waals surface area contributed by atoms with Gasteiger partial charge in [0.2, 0.25) is 0 Å². The van der Waals surface area contributed by atoms with Crippen molar-refractivity contribution in [2.24, 2.45) is 5.73 Å². The number of rotatable bonds is 3. The van der Waals surface area contributed by atoms with Crippen LogP contribution in [-0.4, -0.2) is 5.54 Å². The smallest absolute Gasteiger partial charge is 0.129 e. The summed E-state index contributed by atoms with van der Waals surface area (Å²) in [7, 11) is 0. The largest absolute Gasteiger partial charge is 0.325 e. The fourth-order valence-electron chi connectivity index (χ4n) is 1.41. The van der Waals surface area contributed by atoms with Gasteiger partial charge in [-0.1, -0.05) is 12.1 Å². The number of halogens is 2. The topological polar surface area (TPSA) is 26.0 Å². The van der Waals surface area contributed by atoms with E-state index in [4.69, 9.17) is 5.73 Å². The average Bonchev–Trinajstić information content (AvgIpc) is 2.01. The quantitative estimate of drug-likeness (QED) is 0.795. The van der Waals surface area contributed by atoms with E-state index in [1.54, 1.807) is 12.1 Å². The fraction of sp³-hybridized carbons (Fsp3) is 0.455. The summed E-state index contributed by atoms with van der Waals surface area (Å²) >= 11 is 0. The zero-order valence-electron chi connectivity index (χ0n) is 8.48. The van der Waals surface area contributed by atoms with E-state index in [-0.39, 0.29) is 5.56 Å². The predicted octanol–water partition coefficient (Wildman–Crippen LogP) is 2.58. The lowest BCUT2D eigenvalue weighted by Gasteiger charge is -2.20. The van der Waals surface area contributed by atoms with Gasteiger partial charge in [-0.05, 0) is 31.9 Å². The third-order valence-corrected chi connectivity index (χ3v) is 2.00. The van der Waals surface area contributed by atoms with Gasteiger partial charge in [0.25, 0.3) is 0 Å². The molecule has 0 aliphatic heterocycles. The highest BCUT2D eigenvalue weighted by Gasteiger charge is 2.16. The molecule has 0 unspecified atom stereocenters. The molecule has 0 fully saturated rings. The molecule has 1 aromatic rings. The molecule has 0 bridgehead atoms. The molecule has 0 spiro atoms. The molecular formula is C11H15F2N. The summed E-state index contributed by atoms with van der Waals surface area (Å²) in [5, 5.41) is 0. The minimum Gasteiger partial charge on any atom is -0.325 e. The Morgan fingerprint density at radius 3 is 2.50 bits per heavy atom. The summed E-state index contributed by atoms with van der Waals surface area (Å²) in [5.74, 6) is -0.491. The molecule has 0 saturated heterocycles. The molecule has 1 nitrogen and oxygen atoms in total. The second-order valence-corrected chi connectivity index (χ2v) is 4.18. The van der Waals surface area contributed by atoms with Gasteiger partial charge in [0.05, 0.1) is 0 Å². The monoisotopic (exact) mass is 199 g/mol. The number of benzene rings is 1. The average molecular weight is 199 g/mol. The van der Waals surface area contributed by atoms with Gasteiger partial charge in [0.1, 0.15) is 12.5 Å². The first kappa shape index (κ1) is 11.1. The van der Waals surface area contributed by atoms with Crippen LogP contribution in [0.4, 0.5) is 8.78 Å². The van der Waals surface area contributed by atoms with Gasteiger partial charge < -0.3 is 5.73 Å². The van der Waals surface area contributed by atoms with E-state index in [0.29, 0.717) is 12.0 Å². The van der Waals surface area contributed by atoms with Crippen molar-refractivity contribution in [3.05, 3.63) is 35.1 Å². The molecule has 0 radical (unpaired) electrons. The Morgan fingerprint density at radius 1 is 1.36 bits per heavy atom. The van der Waals surface area contributed by atoms with Gasteiger partial charge in [-0.15, -0.1) is 0 Å². The van der Waals surface area contributed by atoms with Gasteiger partial charge in [-0.2, -0.15) is 0 Å². The Balaban J connectivity index is 3.02. The molecule has 0 aliphatic carbocycles. The van der Waals surface area contributed by atoms with Crippen LogP contribution in [0.5, 0.6) is 0 Å². The molecule has 0 saturated carbocycles. The van der Waals surface area contributed by atoms with Crippen LogP contribution in [-0.2, 0) is 13.1 Å². The van der Waals surface area contributed by atoms with E-state index >= 15 is 0 Å². The summed E-state index contributed by atoms with van der Waals surface area (Å²) in [6.45, 7) is 2.89. The minimum absolute atomic E-state index is 0.131. The van der Waals surface area contributed by atoms with Crippen molar-refractivity contribution in [2.75, 3.05) is 0 Å². The van der Waals surface area contributed by atoms with Crippen LogP contribution in [0.3, 0.4) is 0 Å². The van der Waals surface area contributed by atoms with E-state index in [0.717, 1.165) is 0 Å². The predicted molar refractivity (Wildman–Crippen MR) is 53.2 cm³/mol. The summed E-state index contributed by atoms with van der Waals surface area (Å²) in [4.78, 5) is 0. The SMILES string of the molecule is CC(C)(N)Cc1cccc(F)c1CF. The maximum atomic E-state index is 13.1. The second-order valence-electron chi connectivity index (χ2n) is 4.18. The highest BCUT2D eigenvalue weighted by Crippen LogP contribution is 2.19. The highest BCUT2D eigenvalue weighted by molar-refractivity contribution is 5.29. The number of nitrogens with two attached hydrogens (primary N) is 1. The maximum Gasteiger partial charge on any atom is 0.129 e. The van der Waals surface area contributed by atoms with Crippen LogP contribution in [0.25, 0.3) is 0 Å². The van der Waals surface area contributed by atoms with Crippen molar-refractivity contribution >= 4 is 0 Å². The van der Waals surface area contributed by atoms with Crippen molar-refractivity contribution in [1.82, 2.24) is 0 Å². The third kappa shape index (κ3) is 2.77. The van der Waals surface area contributed by atoms with Gasteiger partial charge in [-0.3, -0.25) is 0 Å².